The van der Waals surface area contributed by atoms with Crippen LogP contribution in [-0.4, -0.2) is 52.9 Å². The number of ether oxygens (including phenoxy) is 2. The van der Waals surface area contributed by atoms with Gasteiger partial charge in [0.05, 0.1) is 31.0 Å². The summed E-state index contributed by atoms with van der Waals surface area (Å²) in [6, 6.07) is 5.30. The Labute approximate surface area is 158 Å². The van der Waals surface area contributed by atoms with Crippen molar-refractivity contribution in [3.05, 3.63) is 42.1 Å². The first-order valence-electron chi connectivity index (χ1n) is 9.01. The summed E-state index contributed by atoms with van der Waals surface area (Å²) in [5, 5.41) is 12.3. The smallest absolute Gasteiger partial charge is 0.270 e. The van der Waals surface area contributed by atoms with Gasteiger partial charge in [0.2, 0.25) is 0 Å². The molecule has 1 aliphatic rings. The Kier molecular flexibility index (Phi) is 6.52. The number of carbonyl (C=O) groups is 1. The molecule has 0 spiro atoms. The lowest BCUT2D eigenvalue weighted by Gasteiger charge is -2.29. The number of rotatable bonds is 7. The van der Waals surface area contributed by atoms with Gasteiger partial charge in [-0.15, -0.1) is 0 Å². The van der Waals surface area contributed by atoms with Crippen molar-refractivity contribution in [1.82, 2.24) is 19.9 Å². The summed E-state index contributed by atoms with van der Waals surface area (Å²) < 4.78 is 12.4. The number of methoxy groups -OCH3 is 1. The summed E-state index contributed by atoms with van der Waals surface area (Å²) >= 11 is 0. The molecular weight excluding hydrogens is 346 g/mol. The lowest BCUT2D eigenvalue weighted by Crippen LogP contribution is -2.39. The van der Waals surface area contributed by atoms with E-state index in [2.05, 4.69) is 21.4 Å². The monoisotopic (exact) mass is 369 g/mol. The Hall–Kier alpha value is -2.76. The Bertz CT molecular complexity index is 792. The number of hydrogen-bond donors (Lipinski definition) is 1. The van der Waals surface area contributed by atoms with Gasteiger partial charge in [0.1, 0.15) is 17.8 Å². The van der Waals surface area contributed by atoms with E-state index in [0.717, 1.165) is 25.7 Å². The highest BCUT2D eigenvalue weighted by Gasteiger charge is 2.24. The molecule has 1 aliphatic carbocycles. The summed E-state index contributed by atoms with van der Waals surface area (Å²) in [4.78, 5) is 21.0. The number of nitriles is 1. The van der Waals surface area contributed by atoms with Gasteiger partial charge in [-0.1, -0.05) is 0 Å². The van der Waals surface area contributed by atoms with E-state index in [1.165, 1.54) is 6.07 Å². The summed E-state index contributed by atoms with van der Waals surface area (Å²) in [5.74, 6) is 0.226. The summed E-state index contributed by atoms with van der Waals surface area (Å²) in [5.41, 5.74) is 0.616. The van der Waals surface area contributed by atoms with Crippen LogP contribution in [0.2, 0.25) is 0 Å². The third kappa shape index (κ3) is 5.12. The van der Waals surface area contributed by atoms with Gasteiger partial charge >= 0.3 is 0 Å². The van der Waals surface area contributed by atoms with Crippen LogP contribution in [0.25, 0.3) is 5.82 Å². The highest BCUT2D eigenvalue weighted by atomic mass is 16.5. The van der Waals surface area contributed by atoms with Gasteiger partial charge in [0.15, 0.2) is 0 Å². The van der Waals surface area contributed by atoms with Gasteiger partial charge in [-0.2, -0.15) is 5.26 Å². The van der Waals surface area contributed by atoms with E-state index in [0.29, 0.717) is 24.6 Å². The molecule has 27 heavy (non-hydrogen) atoms. The molecule has 0 aromatic carbocycles. The molecule has 0 saturated heterocycles. The van der Waals surface area contributed by atoms with Gasteiger partial charge < -0.3 is 14.8 Å². The number of imidazole rings is 1. The van der Waals surface area contributed by atoms with Gasteiger partial charge in [-0.05, 0) is 37.8 Å². The first kappa shape index (κ1) is 19.0. The second kappa shape index (κ2) is 9.26. The van der Waals surface area contributed by atoms with Crippen molar-refractivity contribution in [3.63, 3.8) is 0 Å². The average molecular weight is 369 g/mol. The van der Waals surface area contributed by atoms with Gasteiger partial charge in [-0.25, -0.2) is 9.97 Å². The molecule has 0 radical (unpaired) electrons. The average Bonchev–Trinajstić information content (AvgIpc) is 3.24. The lowest BCUT2D eigenvalue weighted by molar-refractivity contribution is -0.00409. The molecule has 0 bridgehead atoms. The fourth-order valence-corrected chi connectivity index (χ4v) is 3.16. The molecule has 1 amide bonds. The SMILES string of the molecule is COCCOC1CCC(NC(=O)c2cc(C#N)cc(-n3ccnc3)n2)CC1. The Morgan fingerprint density at radius 2 is 2.15 bits per heavy atom. The molecule has 1 N–H and O–H groups in total. The molecule has 8 nitrogen and oxygen atoms in total. The second-order valence-corrected chi connectivity index (χ2v) is 6.49. The maximum Gasteiger partial charge on any atom is 0.270 e. The van der Waals surface area contributed by atoms with E-state index in [-0.39, 0.29) is 23.7 Å². The quantitative estimate of drug-likeness (QED) is 0.747. The Morgan fingerprint density at radius 1 is 1.33 bits per heavy atom. The zero-order valence-electron chi connectivity index (χ0n) is 15.3. The van der Waals surface area contributed by atoms with Gasteiger partial charge in [0.25, 0.3) is 5.91 Å². The maximum absolute atomic E-state index is 12.6. The molecule has 2 heterocycles. The highest BCUT2D eigenvalue weighted by molar-refractivity contribution is 5.93. The van der Waals surface area contributed by atoms with Crippen LogP contribution >= 0.6 is 0 Å². The second-order valence-electron chi connectivity index (χ2n) is 6.49. The van der Waals surface area contributed by atoms with Crippen LogP contribution in [0.4, 0.5) is 0 Å². The van der Waals surface area contributed by atoms with Crippen molar-refractivity contribution < 1.29 is 14.3 Å². The minimum absolute atomic E-state index is 0.0870. The lowest BCUT2D eigenvalue weighted by atomic mass is 9.93. The standard InChI is InChI=1S/C19H23N5O3/c1-26-8-9-27-16-4-2-15(3-5-16)22-19(25)17-10-14(12-20)11-18(23-17)24-7-6-21-13-24/h6-7,10-11,13,15-16H,2-5,8-9H2,1H3,(H,22,25). The largest absolute Gasteiger partial charge is 0.382 e. The maximum atomic E-state index is 12.6. The number of nitrogens with one attached hydrogen (secondary N) is 1. The molecule has 2 aromatic heterocycles. The topological polar surface area (TPSA) is 102 Å². The van der Waals surface area contributed by atoms with E-state index < -0.39 is 0 Å². The van der Waals surface area contributed by atoms with Crippen molar-refractivity contribution in [2.24, 2.45) is 0 Å². The molecule has 8 heteroatoms. The molecule has 1 fully saturated rings. The van der Waals surface area contributed by atoms with E-state index in [4.69, 9.17) is 9.47 Å². The summed E-state index contributed by atoms with van der Waals surface area (Å²) in [7, 11) is 1.66. The fourth-order valence-electron chi connectivity index (χ4n) is 3.16. The summed E-state index contributed by atoms with van der Waals surface area (Å²) in [6.45, 7) is 1.19. The third-order valence-electron chi connectivity index (χ3n) is 4.59. The van der Waals surface area contributed by atoms with Crippen molar-refractivity contribution in [2.75, 3.05) is 20.3 Å². The van der Waals surface area contributed by atoms with Crippen molar-refractivity contribution in [3.8, 4) is 11.9 Å². The number of hydrogen-bond acceptors (Lipinski definition) is 6. The molecule has 1 saturated carbocycles. The Morgan fingerprint density at radius 3 is 2.81 bits per heavy atom. The number of carbonyl (C=O) groups excluding carboxylic acids is 1. The number of nitrogens with zero attached hydrogens (tertiary/aromatic N) is 4. The fraction of sp³-hybridized carbons (Fsp3) is 0.474. The van der Waals surface area contributed by atoms with Crippen LogP contribution in [0.15, 0.2) is 30.9 Å². The number of amides is 1. The minimum atomic E-state index is -0.266. The zero-order valence-corrected chi connectivity index (χ0v) is 15.3. The van der Waals surface area contributed by atoms with Crippen LogP contribution < -0.4 is 5.32 Å². The van der Waals surface area contributed by atoms with Crippen LogP contribution in [0.3, 0.4) is 0 Å². The van der Waals surface area contributed by atoms with Crippen molar-refractivity contribution in [1.29, 1.82) is 5.26 Å². The molecule has 142 valence electrons. The van der Waals surface area contributed by atoms with Crippen molar-refractivity contribution in [2.45, 2.75) is 37.8 Å². The van der Waals surface area contributed by atoms with Crippen LogP contribution in [0.1, 0.15) is 41.7 Å². The van der Waals surface area contributed by atoms with E-state index in [9.17, 15) is 10.1 Å². The van der Waals surface area contributed by atoms with Gasteiger partial charge in [0, 0.05) is 25.5 Å². The highest BCUT2D eigenvalue weighted by Crippen LogP contribution is 2.21. The molecule has 0 unspecified atom stereocenters. The van der Waals surface area contributed by atoms with E-state index in [1.54, 1.807) is 36.5 Å². The molecule has 2 aromatic rings. The first-order chi connectivity index (χ1) is 13.2. The molecule has 0 atom stereocenters. The predicted molar refractivity (Wildman–Crippen MR) is 97.4 cm³/mol. The summed E-state index contributed by atoms with van der Waals surface area (Å²) in [6.07, 6.45) is 8.66. The predicted octanol–water partition coefficient (Wildman–Crippen LogP) is 1.84. The molecule has 3 rings (SSSR count). The normalized spacial score (nSPS) is 19.4. The van der Waals surface area contributed by atoms with E-state index >= 15 is 0 Å². The van der Waals surface area contributed by atoms with Crippen LogP contribution in [0, 0.1) is 11.3 Å². The molecular formula is C19H23N5O3. The number of pyridine rings is 1. The van der Waals surface area contributed by atoms with Gasteiger partial charge in [-0.3, -0.25) is 9.36 Å². The van der Waals surface area contributed by atoms with Crippen LogP contribution in [0.5, 0.6) is 0 Å². The third-order valence-corrected chi connectivity index (χ3v) is 4.59. The molecule has 0 aliphatic heterocycles. The Balaban J connectivity index is 1.60. The van der Waals surface area contributed by atoms with E-state index in [1.807, 2.05) is 0 Å². The first-order valence-corrected chi connectivity index (χ1v) is 9.01. The minimum Gasteiger partial charge on any atom is -0.382 e. The van der Waals surface area contributed by atoms with Crippen LogP contribution in [-0.2, 0) is 9.47 Å². The number of aromatic nitrogens is 3. The van der Waals surface area contributed by atoms with Crippen molar-refractivity contribution >= 4 is 5.91 Å². The zero-order chi connectivity index (χ0) is 19.1.